The van der Waals surface area contributed by atoms with Crippen LogP contribution in [0, 0.1) is 11.8 Å². The Bertz CT molecular complexity index is 760. The lowest BCUT2D eigenvalue weighted by Crippen LogP contribution is -2.56. The maximum Gasteiger partial charge on any atom is 0.121 e. The van der Waals surface area contributed by atoms with E-state index in [0.717, 1.165) is 42.1 Å². The average Bonchev–Trinajstić information content (AvgIpc) is 2.66. The first-order chi connectivity index (χ1) is 11.7. The zero-order valence-electron chi connectivity index (χ0n) is 14.2. The monoisotopic (exact) mass is 323 g/mol. The fourth-order valence-corrected chi connectivity index (χ4v) is 4.53. The van der Waals surface area contributed by atoms with Crippen LogP contribution in [0.4, 0.5) is 0 Å². The zero-order valence-corrected chi connectivity index (χ0v) is 14.2. The maximum absolute atomic E-state index is 6.75. The van der Waals surface area contributed by atoms with Crippen LogP contribution in [0.1, 0.15) is 24.4 Å². The van der Waals surface area contributed by atoms with Gasteiger partial charge in [0.2, 0.25) is 0 Å². The lowest BCUT2D eigenvalue weighted by Gasteiger charge is -2.51. The lowest BCUT2D eigenvalue weighted by atomic mass is 9.73. The van der Waals surface area contributed by atoms with Crippen LogP contribution >= 0.6 is 0 Å². The van der Waals surface area contributed by atoms with E-state index in [9.17, 15) is 0 Å². The predicted octanol–water partition coefficient (Wildman–Crippen LogP) is 3.14. The number of benzene rings is 1. The van der Waals surface area contributed by atoms with Gasteiger partial charge in [-0.25, -0.2) is 0 Å². The van der Waals surface area contributed by atoms with Gasteiger partial charge in [0.1, 0.15) is 5.75 Å². The van der Waals surface area contributed by atoms with Gasteiger partial charge >= 0.3 is 0 Å². The molecule has 4 heteroatoms. The van der Waals surface area contributed by atoms with E-state index < -0.39 is 0 Å². The molecule has 3 aliphatic rings. The van der Waals surface area contributed by atoms with Gasteiger partial charge < -0.3 is 10.5 Å². The molecule has 5 rings (SSSR count). The van der Waals surface area contributed by atoms with Gasteiger partial charge in [0, 0.05) is 36.3 Å². The van der Waals surface area contributed by atoms with E-state index in [1.165, 1.54) is 12.0 Å². The molecule has 3 aliphatic heterocycles. The molecule has 4 nitrogen and oxygen atoms in total. The molecule has 0 aliphatic carbocycles. The Labute approximate surface area is 143 Å². The van der Waals surface area contributed by atoms with Crippen molar-refractivity contribution in [2.45, 2.75) is 24.9 Å². The summed E-state index contributed by atoms with van der Waals surface area (Å²) in [6, 6.07) is 8.55. The second-order valence-corrected chi connectivity index (χ2v) is 7.06. The Morgan fingerprint density at radius 3 is 3.00 bits per heavy atom. The average molecular weight is 323 g/mol. The largest absolute Gasteiger partial charge is 0.497 e. The van der Waals surface area contributed by atoms with Crippen LogP contribution in [0.5, 0.6) is 5.75 Å². The number of fused-ring (bicyclic) bond motifs is 4. The summed E-state index contributed by atoms with van der Waals surface area (Å²) >= 11 is 0. The summed E-state index contributed by atoms with van der Waals surface area (Å²) in [4.78, 5) is 7.05. The fourth-order valence-electron chi connectivity index (χ4n) is 4.53. The summed E-state index contributed by atoms with van der Waals surface area (Å²) in [5.74, 6) is 2.19. The highest BCUT2D eigenvalue weighted by Crippen LogP contribution is 2.41. The molecule has 0 radical (unpaired) electrons. The lowest BCUT2D eigenvalue weighted by molar-refractivity contribution is 0.00749. The fraction of sp³-hybridized carbons (Fsp3) is 0.450. The molecule has 4 heterocycles. The van der Waals surface area contributed by atoms with Crippen LogP contribution in [0.15, 0.2) is 43.1 Å². The van der Waals surface area contributed by atoms with Gasteiger partial charge in [-0.2, -0.15) is 0 Å². The van der Waals surface area contributed by atoms with Crippen molar-refractivity contribution in [1.29, 1.82) is 0 Å². The number of hydrogen-bond acceptors (Lipinski definition) is 4. The van der Waals surface area contributed by atoms with Gasteiger partial charge in [0.25, 0.3) is 0 Å². The molecule has 3 fully saturated rings. The van der Waals surface area contributed by atoms with Crippen molar-refractivity contribution in [3.05, 3.63) is 48.7 Å². The summed E-state index contributed by atoms with van der Waals surface area (Å²) < 4.78 is 5.31. The molecule has 5 atom stereocenters. The standard InChI is InChI=1S/C20H25N3O/c1-3-13-12-23-9-7-14(13)10-19(23)20(21)17-6-8-22-18-11-15(24-2)4-5-16(17)18/h3-6,8,11,13-14,19-20H,1,7,9-10,12,21H2,2H3/t13?,14-,19-,20-/m0/s1. The number of methoxy groups -OCH3 is 1. The topological polar surface area (TPSA) is 51.4 Å². The van der Waals surface area contributed by atoms with Crippen molar-refractivity contribution in [1.82, 2.24) is 9.88 Å². The van der Waals surface area contributed by atoms with Crippen LogP contribution in [0.3, 0.4) is 0 Å². The normalized spacial score (nSPS) is 30.2. The summed E-state index contributed by atoms with van der Waals surface area (Å²) in [5.41, 5.74) is 8.89. The first kappa shape index (κ1) is 15.6. The second-order valence-electron chi connectivity index (χ2n) is 7.06. The number of ether oxygens (including phenoxy) is 1. The highest BCUT2D eigenvalue weighted by atomic mass is 16.5. The highest BCUT2D eigenvalue weighted by molar-refractivity contribution is 5.83. The van der Waals surface area contributed by atoms with Crippen molar-refractivity contribution >= 4 is 10.9 Å². The Hall–Kier alpha value is -1.91. The van der Waals surface area contributed by atoms with Crippen LogP contribution in [0.2, 0.25) is 0 Å². The number of aromatic nitrogens is 1. The smallest absolute Gasteiger partial charge is 0.121 e. The van der Waals surface area contributed by atoms with E-state index in [1.54, 1.807) is 7.11 Å². The summed E-state index contributed by atoms with van der Waals surface area (Å²) in [5, 5.41) is 1.13. The third-order valence-corrected chi connectivity index (χ3v) is 5.91. The molecular formula is C20H25N3O. The van der Waals surface area contributed by atoms with Crippen LogP contribution < -0.4 is 10.5 Å². The van der Waals surface area contributed by atoms with Crippen LogP contribution in [0.25, 0.3) is 10.9 Å². The molecule has 2 bridgehead atoms. The predicted molar refractivity (Wildman–Crippen MR) is 97.0 cm³/mol. The summed E-state index contributed by atoms with van der Waals surface area (Å²) in [6.45, 7) is 6.27. The Kier molecular flexibility index (Phi) is 4.02. The molecule has 0 spiro atoms. The maximum atomic E-state index is 6.75. The van der Waals surface area contributed by atoms with E-state index >= 15 is 0 Å². The molecule has 24 heavy (non-hydrogen) atoms. The van der Waals surface area contributed by atoms with E-state index in [2.05, 4.69) is 34.7 Å². The molecule has 2 aromatic rings. The van der Waals surface area contributed by atoms with Crippen molar-refractivity contribution in [2.75, 3.05) is 20.2 Å². The number of hydrogen-bond donors (Lipinski definition) is 1. The Balaban J connectivity index is 1.67. The van der Waals surface area contributed by atoms with Crippen LogP contribution in [-0.4, -0.2) is 36.1 Å². The number of piperidine rings is 3. The minimum Gasteiger partial charge on any atom is -0.497 e. The van der Waals surface area contributed by atoms with Crippen molar-refractivity contribution in [2.24, 2.45) is 17.6 Å². The van der Waals surface area contributed by atoms with Gasteiger partial charge in [-0.1, -0.05) is 6.08 Å². The van der Waals surface area contributed by atoms with Crippen molar-refractivity contribution < 1.29 is 4.74 Å². The molecule has 2 unspecified atom stereocenters. The molecule has 3 saturated heterocycles. The van der Waals surface area contributed by atoms with Crippen molar-refractivity contribution in [3.8, 4) is 5.75 Å². The minimum absolute atomic E-state index is 0.0115. The van der Waals surface area contributed by atoms with Crippen molar-refractivity contribution in [3.63, 3.8) is 0 Å². The minimum atomic E-state index is 0.0115. The van der Waals surface area contributed by atoms with E-state index in [0.29, 0.717) is 12.0 Å². The van der Waals surface area contributed by atoms with Gasteiger partial charge in [-0.05, 0) is 55.0 Å². The first-order valence-electron chi connectivity index (χ1n) is 8.76. The number of pyridine rings is 1. The third kappa shape index (κ3) is 2.50. The van der Waals surface area contributed by atoms with Gasteiger partial charge in [-0.15, -0.1) is 6.58 Å². The van der Waals surface area contributed by atoms with Gasteiger partial charge in [0.05, 0.1) is 12.6 Å². The molecule has 1 aromatic carbocycles. The summed E-state index contributed by atoms with van der Waals surface area (Å²) in [6.07, 6.45) is 6.43. The molecule has 2 N–H and O–H groups in total. The Morgan fingerprint density at radius 1 is 1.42 bits per heavy atom. The van der Waals surface area contributed by atoms with E-state index in [4.69, 9.17) is 10.5 Å². The van der Waals surface area contributed by atoms with Gasteiger partial charge in [0.15, 0.2) is 0 Å². The molecule has 0 amide bonds. The zero-order chi connectivity index (χ0) is 16.7. The molecule has 0 saturated carbocycles. The highest BCUT2D eigenvalue weighted by Gasteiger charge is 2.41. The second kappa shape index (κ2) is 6.19. The molecule has 1 aromatic heterocycles. The summed E-state index contributed by atoms with van der Waals surface area (Å²) in [7, 11) is 1.68. The number of nitrogens with two attached hydrogens (primary N) is 1. The quantitative estimate of drug-likeness (QED) is 0.878. The SMILES string of the molecule is C=CC1CN2CC[C@H]1C[C@H]2[C@@H](N)c1ccnc2cc(OC)ccc12. The third-order valence-electron chi connectivity index (χ3n) is 5.91. The van der Waals surface area contributed by atoms with E-state index in [1.807, 2.05) is 18.3 Å². The van der Waals surface area contributed by atoms with Gasteiger partial charge in [-0.3, -0.25) is 9.88 Å². The molecular weight excluding hydrogens is 298 g/mol. The Morgan fingerprint density at radius 2 is 2.29 bits per heavy atom. The number of rotatable bonds is 4. The number of nitrogens with zero attached hydrogens (tertiary/aromatic N) is 2. The first-order valence-corrected chi connectivity index (χ1v) is 8.76. The molecule has 126 valence electrons. The van der Waals surface area contributed by atoms with Crippen LogP contribution in [-0.2, 0) is 0 Å². The van der Waals surface area contributed by atoms with E-state index in [-0.39, 0.29) is 6.04 Å².